The smallest absolute Gasteiger partial charge is 0.255 e. The maximum absolute atomic E-state index is 12.9. The standard InChI is InChI=1S/C21H23N5O2S/c1-12-9-16(13(2)29-12)18-5-7-22-21(25-18)26-19(14-3-4-14)17(10-23-26)20(27)24-15-6-8-28-11-15/h5,7,9-10,14-15H,3-4,6,8,11H2,1-2H3,(H,24,27)/t15-/m0/s1. The van der Waals surface area contributed by atoms with Crippen molar-refractivity contribution in [1.82, 2.24) is 25.1 Å². The fraction of sp³-hybridized carbons (Fsp3) is 0.429. The van der Waals surface area contributed by atoms with E-state index in [0.717, 1.165) is 36.2 Å². The van der Waals surface area contributed by atoms with Crippen LogP contribution in [0.25, 0.3) is 17.2 Å². The van der Waals surface area contributed by atoms with Gasteiger partial charge in [-0.05, 0) is 45.2 Å². The van der Waals surface area contributed by atoms with Gasteiger partial charge < -0.3 is 10.1 Å². The van der Waals surface area contributed by atoms with E-state index in [2.05, 4.69) is 35.3 Å². The van der Waals surface area contributed by atoms with Gasteiger partial charge in [-0.3, -0.25) is 4.79 Å². The number of hydrogen-bond donors (Lipinski definition) is 1. The van der Waals surface area contributed by atoms with Crippen molar-refractivity contribution in [1.29, 1.82) is 0 Å². The fourth-order valence-corrected chi connectivity index (χ4v) is 4.77. The van der Waals surface area contributed by atoms with Crippen LogP contribution in [0, 0.1) is 13.8 Å². The molecule has 29 heavy (non-hydrogen) atoms. The number of amides is 1. The van der Waals surface area contributed by atoms with Crippen molar-refractivity contribution in [3.63, 3.8) is 0 Å². The molecule has 2 aliphatic rings. The van der Waals surface area contributed by atoms with Gasteiger partial charge in [-0.2, -0.15) is 5.10 Å². The lowest BCUT2D eigenvalue weighted by Crippen LogP contribution is -2.35. The van der Waals surface area contributed by atoms with Crippen molar-refractivity contribution in [3.8, 4) is 17.2 Å². The Morgan fingerprint density at radius 1 is 1.31 bits per heavy atom. The Kier molecular flexibility index (Phi) is 4.67. The van der Waals surface area contributed by atoms with Crippen molar-refractivity contribution in [3.05, 3.63) is 45.5 Å². The van der Waals surface area contributed by atoms with Crippen molar-refractivity contribution in [2.24, 2.45) is 0 Å². The van der Waals surface area contributed by atoms with Gasteiger partial charge in [-0.25, -0.2) is 14.6 Å². The Morgan fingerprint density at radius 2 is 2.17 bits per heavy atom. The highest BCUT2D eigenvalue weighted by Gasteiger charge is 2.34. The predicted octanol–water partition coefficient (Wildman–Crippen LogP) is 3.40. The molecular formula is C21H23N5O2S. The monoisotopic (exact) mass is 409 g/mol. The van der Waals surface area contributed by atoms with E-state index >= 15 is 0 Å². The second-order valence-electron chi connectivity index (χ2n) is 7.73. The van der Waals surface area contributed by atoms with Gasteiger partial charge in [0.15, 0.2) is 0 Å². The molecule has 0 unspecified atom stereocenters. The van der Waals surface area contributed by atoms with Crippen molar-refractivity contribution in [2.45, 2.75) is 45.1 Å². The summed E-state index contributed by atoms with van der Waals surface area (Å²) >= 11 is 1.76. The van der Waals surface area contributed by atoms with Gasteiger partial charge in [0.2, 0.25) is 0 Å². The molecule has 1 aliphatic carbocycles. The topological polar surface area (TPSA) is 81.9 Å². The lowest BCUT2D eigenvalue weighted by Gasteiger charge is -2.12. The van der Waals surface area contributed by atoms with Crippen molar-refractivity contribution in [2.75, 3.05) is 13.2 Å². The first kappa shape index (κ1) is 18.4. The Bertz CT molecular complexity index is 1060. The van der Waals surface area contributed by atoms with E-state index in [0.29, 0.717) is 30.6 Å². The minimum absolute atomic E-state index is 0.0716. The predicted molar refractivity (Wildman–Crippen MR) is 111 cm³/mol. The van der Waals surface area contributed by atoms with Crippen LogP contribution >= 0.6 is 11.3 Å². The summed E-state index contributed by atoms with van der Waals surface area (Å²) in [4.78, 5) is 24.6. The van der Waals surface area contributed by atoms with E-state index in [4.69, 9.17) is 9.72 Å². The minimum Gasteiger partial charge on any atom is -0.379 e. The van der Waals surface area contributed by atoms with E-state index in [9.17, 15) is 4.79 Å². The molecule has 0 spiro atoms. The largest absolute Gasteiger partial charge is 0.379 e. The number of carbonyl (C=O) groups excluding carboxylic acids is 1. The number of aromatic nitrogens is 4. The summed E-state index contributed by atoms with van der Waals surface area (Å²) in [7, 11) is 0. The van der Waals surface area contributed by atoms with Gasteiger partial charge in [-0.1, -0.05) is 0 Å². The summed E-state index contributed by atoms with van der Waals surface area (Å²) in [5.41, 5.74) is 3.53. The molecule has 1 saturated carbocycles. The zero-order valence-electron chi connectivity index (χ0n) is 16.5. The molecule has 3 aromatic rings. The Morgan fingerprint density at radius 3 is 2.86 bits per heavy atom. The third-order valence-corrected chi connectivity index (χ3v) is 6.40. The van der Waals surface area contributed by atoms with Gasteiger partial charge in [0, 0.05) is 34.0 Å². The summed E-state index contributed by atoms with van der Waals surface area (Å²) < 4.78 is 7.12. The number of ether oxygens (including phenoxy) is 1. The number of thiophene rings is 1. The summed E-state index contributed by atoms with van der Waals surface area (Å²) in [6.07, 6.45) is 6.37. The zero-order valence-corrected chi connectivity index (χ0v) is 17.3. The van der Waals surface area contributed by atoms with Crippen LogP contribution in [-0.4, -0.2) is 44.9 Å². The van der Waals surface area contributed by atoms with Crippen molar-refractivity contribution >= 4 is 17.2 Å². The summed E-state index contributed by atoms with van der Waals surface area (Å²) in [5, 5.41) is 7.58. The van der Waals surface area contributed by atoms with Crippen LogP contribution in [0.2, 0.25) is 0 Å². The number of aryl methyl sites for hydroxylation is 2. The molecule has 1 N–H and O–H groups in total. The molecule has 0 radical (unpaired) electrons. The van der Waals surface area contributed by atoms with Crippen LogP contribution in [0.4, 0.5) is 0 Å². The van der Waals surface area contributed by atoms with Crippen LogP contribution in [0.1, 0.15) is 51.0 Å². The maximum atomic E-state index is 12.9. The average Bonchev–Trinajstić information content (AvgIpc) is 3.10. The quantitative estimate of drug-likeness (QED) is 0.698. The van der Waals surface area contributed by atoms with Crippen LogP contribution < -0.4 is 5.32 Å². The SMILES string of the molecule is Cc1cc(-c2ccnc(-n3ncc(C(=O)N[C@H]4CCOC4)c3C3CC3)n2)c(C)s1. The van der Waals surface area contributed by atoms with Crippen LogP contribution in [0.5, 0.6) is 0 Å². The first-order chi connectivity index (χ1) is 14.1. The molecular weight excluding hydrogens is 386 g/mol. The number of nitrogens with zero attached hydrogens (tertiary/aromatic N) is 4. The van der Waals surface area contributed by atoms with Gasteiger partial charge in [0.1, 0.15) is 0 Å². The van der Waals surface area contributed by atoms with Gasteiger partial charge >= 0.3 is 0 Å². The molecule has 4 heterocycles. The Labute approximate surface area is 173 Å². The van der Waals surface area contributed by atoms with E-state index in [1.165, 1.54) is 9.75 Å². The maximum Gasteiger partial charge on any atom is 0.255 e. The molecule has 150 valence electrons. The van der Waals surface area contributed by atoms with Gasteiger partial charge in [0.05, 0.1) is 35.8 Å². The van der Waals surface area contributed by atoms with E-state index < -0.39 is 0 Å². The van der Waals surface area contributed by atoms with E-state index in [1.54, 1.807) is 28.4 Å². The number of carbonyl (C=O) groups is 1. The minimum atomic E-state index is -0.0888. The van der Waals surface area contributed by atoms with Crippen LogP contribution in [-0.2, 0) is 4.74 Å². The molecule has 7 nitrogen and oxygen atoms in total. The molecule has 8 heteroatoms. The average molecular weight is 410 g/mol. The first-order valence-electron chi connectivity index (χ1n) is 9.97. The summed E-state index contributed by atoms with van der Waals surface area (Å²) in [5.74, 6) is 0.750. The second-order valence-corrected chi connectivity index (χ2v) is 9.19. The van der Waals surface area contributed by atoms with Crippen molar-refractivity contribution < 1.29 is 9.53 Å². The molecule has 1 atom stereocenters. The fourth-order valence-electron chi connectivity index (χ4n) is 3.84. The molecule has 1 aliphatic heterocycles. The van der Waals surface area contributed by atoms with Crippen LogP contribution in [0.15, 0.2) is 24.5 Å². The van der Waals surface area contributed by atoms with Gasteiger partial charge in [0.25, 0.3) is 11.9 Å². The first-order valence-corrected chi connectivity index (χ1v) is 10.8. The molecule has 1 saturated heterocycles. The molecule has 5 rings (SSSR count). The Balaban J connectivity index is 1.50. The summed E-state index contributed by atoms with van der Waals surface area (Å²) in [6, 6.07) is 4.15. The van der Waals surface area contributed by atoms with E-state index in [-0.39, 0.29) is 11.9 Å². The molecule has 3 aromatic heterocycles. The Hall–Kier alpha value is -2.58. The van der Waals surface area contributed by atoms with Gasteiger partial charge in [-0.15, -0.1) is 11.3 Å². The highest BCUT2D eigenvalue weighted by atomic mass is 32.1. The molecule has 0 bridgehead atoms. The third kappa shape index (κ3) is 3.58. The molecule has 0 aromatic carbocycles. The molecule has 2 fully saturated rings. The summed E-state index contributed by atoms with van der Waals surface area (Å²) in [6.45, 7) is 5.47. The number of nitrogens with one attached hydrogen (secondary N) is 1. The lowest BCUT2D eigenvalue weighted by atomic mass is 10.1. The lowest BCUT2D eigenvalue weighted by molar-refractivity contribution is 0.0929. The normalized spacial score (nSPS) is 18.9. The van der Waals surface area contributed by atoms with E-state index in [1.807, 2.05) is 6.07 Å². The third-order valence-electron chi connectivity index (χ3n) is 5.43. The highest BCUT2D eigenvalue weighted by molar-refractivity contribution is 7.12. The second kappa shape index (κ2) is 7.35. The zero-order chi connectivity index (χ0) is 20.0. The van der Waals surface area contributed by atoms with Crippen LogP contribution in [0.3, 0.4) is 0 Å². The highest BCUT2D eigenvalue weighted by Crippen LogP contribution is 2.42. The number of hydrogen-bond acceptors (Lipinski definition) is 6. The molecule has 1 amide bonds. The number of rotatable bonds is 5.